The summed E-state index contributed by atoms with van der Waals surface area (Å²) in [5.41, 5.74) is 0. The van der Waals surface area contributed by atoms with Crippen LogP contribution in [-0.2, 0) is 4.79 Å². The van der Waals surface area contributed by atoms with Crippen LogP contribution in [0.25, 0.3) is 0 Å². The first-order chi connectivity index (χ1) is 4.77. The summed E-state index contributed by atoms with van der Waals surface area (Å²) in [5.74, 6) is -0.670. The standard InChI is InChI=1S/C8H16O2.ClH/c1-2-3-4-5-6-7-8(9)10;/h2-7H2,1H3,(H,9,10);1H/p-1. The normalized spacial score (nSPS) is 8.82. The summed E-state index contributed by atoms with van der Waals surface area (Å²) < 4.78 is 0. The molecule has 0 atom stereocenters. The van der Waals surface area contributed by atoms with Gasteiger partial charge in [-0.1, -0.05) is 32.6 Å². The van der Waals surface area contributed by atoms with Crippen LogP contribution in [0, 0.1) is 0 Å². The number of carboxylic acid groups (broad SMARTS) is 1. The number of aliphatic carboxylic acids is 1. The molecule has 0 fully saturated rings. The zero-order chi connectivity index (χ0) is 7.82. The molecule has 0 aromatic carbocycles. The van der Waals surface area contributed by atoms with E-state index in [9.17, 15) is 4.79 Å². The lowest BCUT2D eigenvalue weighted by Crippen LogP contribution is -3.00. The van der Waals surface area contributed by atoms with Gasteiger partial charge in [0.25, 0.3) is 0 Å². The Bertz CT molecular complexity index is 94.1. The lowest BCUT2D eigenvalue weighted by atomic mass is 10.1. The van der Waals surface area contributed by atoms with Gasteiger partial charge >= 0.3 is 5.97 Å². The number of halogens is 1. The molecule has 0 aliphatic rings. The molecule has 0 saturated heterocycles. The first kappa shape index (κ1) is 13.4. The summed E-state index contributed by atoms with van der Waals surface area (Å²) in [4.78, 5) is 10.0. The van der Waals surface area contributed by atoms with Crippen LogP contribution >= 0.6 is 0 Å². The molecule has 1 N–H and O–H groups in total. The van der Waals surface area contributed by atoms with Gasteiger partial charge in [-0.05, 0) is 6.42 Å². The van der Waals surface area contributed by atoms with Crippen molar-refractivity contribution in [2.45, 2.75) is 45.4 Å². The average Bonchev–Trinajstić information content (AvgIpc) is 1.87. The fourth-order valence-corrected chi connectivity index (χ4v) is 0.880. The molecular formula is C8H16ClO2-. The fraction of sp³-hybridized carbons (Fsp3) is 0.875. The summed E-state index contributed by atoms with van der Waals surface area (Å²) in [5, 5.41) is 8.27. The van der Waals surface area contributed by atoms with Gasteiger partial charge in [0.1, 0.15) is 0 Å². The number of unbranched alkanes of at least 4 members (excludes halogenated alkanes) is 4. The molecule has 0 saturated carbocycles. The van der Waals surface area contributed by atoms with Crippen molar-refractivity contribution in [3.8, 4) is 0 Å². The van der Waals surface area contributed by atoms with Gasteiger partial charge in [0.2, 0.25) is 0 Å². The van der Waals surface area contributed by atoms with Gasteiger partial charge in [-0.25, -0.2) is 0 Å². The highest BCUT2D eigenvalue weighted by Crippen LogP contribution is 2.04. The number of hydrogen-bond acceptors (Lipinski definition) is 1. The highest BCUT2D eigenvalue weighted by Gasteiger charge is 1.94. The molecule has 0 aliphatic carbocycles. The highest BCUT2D eigenvalue weighted by atomic mass is 35.5. The summed E-state index contributed by atoms with van der Waals surface area (Å²) >= 11 is 0. The number of hydrogen-bond donors (Lipinski definition) is 1. The van der Waals surface area contributed by atoms with Gasteiger partial charge in [-0.2, -0.15) is 0 Å². The maximum atomic E-state index is 10.0. The Hall–Kier alpha value is -0.240. The lowest BCUT2D eigenvalue weighted by Gasteiger charge is -1.95. The van der Waals surface area contributed by atoms with Gasteiger partial charge < -0.3 is 17.5 Å². The first-order valence-electron chi connectivity index (χ1n) is 3.99. The molecule has 0 aliphatic heterocycles. The van der Waals surface area contributed by atoms with Crippen molar-refractivity contribution >= 4 is 5.97 Å². The molecule has 0 radical (unpaired) electrons. The third kappa shape index (κ3) is 12.9. The van der Waals surface area contributed by atoms with Gasteiger partial charge in [-0.15, -0.1) is 0 Å². The monoisotopic (exact) mass is 179 g/mol. The molecule has 0 aromatic heterocycles. The predicted molar refractivity (Wildman–Crippen MR) is 41.0 cm³/mol. The van der Waals surface area contributed by atoms with Crippen LogP contribution in [0.3, 0.4) is 0 Å². The van der Waals surface area contributed by atoms with Crippen LogP contribution in [0.2, 0.25) is 0 Å². The van der Waals surface area contributed by atoms with E-state index >= 15 is 0 Å². The van der Waals surface area contributed by atoms with Gasteiger partial charge in [-0.3, -0.25) is 4.79 Å². The van der Waals surface area contributed by atoms with E-state index in [-0.39, 0.29) is 12.4 Å². The van der Waals surface area contributed by atoms with Crippen molar-refractivity contribution in [3.63, 3.8) is 0 Å². The molecule has 0 unspecified atom stereocenters. The van der Waals surface area contributed by atoms with Crippen LogP contribution in [0.1, 0.15) is 45.4 Å². The molecule has 0 rings (SSSR count). The smallest absolute Gasteiger partial charge is 0.303 e. The van der Waals surface area contributed by atoms with Crippen LogP contribution in [-0.4, -0.2) is 11.1 Å². The Balaban J connectivity index is 0. The molecule has 68 valence electrons. The summed E-state index contributed by atoms with van der Waals surface area (Å²) in [7, 11) is 0. The van der Waals surface area contributed by atoms with E-state index in [0.29, 0.717) is 6.42 Å². The molecule has 11 heavy (non-hydrogen) atoms. The van der Waals surface area contributed by atoms with Crippen molar-refractivity contribution < 1.29 is 22.3 Å². The third-order valence-electron chi connectivity index (χ3n) is 1.49. The Morgan fingerprint density at radius 1 is 1.18 bits per heavy atom. The maximum Gasteiger partial charge on any atom is 0.303 e. The zero-order valence-corrected chi connectivity index (χ0v) is 7.73. The average molecular weight is 180 g/mol. The summed E-state index contributed by atoms with van der Waals surface area (Å²) in [6, 6.07) is 0. The minimum absolute atomic E-state index is 0. The van der Waals surface area contributed by atoms with E-state index < -0.39 is 5.97 Å². The Labute approximate surface area is 74.4 Å². The first-order valence-corrected chi connectivity index (χ1v) is 3.99. The second-order valence-corrected chi connectivity index (χ2v) is 2.56. The molecule has 0 heterocycles. The number of carboxylic acids is 1. The highest BCUT2D eigenvalue weighted by molar-refractivity contribution is 5.66. The third-order valence-corrected chi connectivity index (χ3v) is 1.49. The van der Waals surface area contributed by atoms with Gasteiger partial charge in [0, 0.05) is 6.42 Å². The number of rotatable bonds is 6. The Kier molecular flexibility index (Phi) is 11.9. The maximum absolute atomic E-state index is 10.0. The van der Waals surface area contributed by atoms with Gasteiger partial charge in [0.15, 0.2) is 0 Å². The van der Waals surface area contributed by atoms with Crippen LogP contribution in [0.5, 0.6) is 0 Å². The molecule has 2 nitrogen and oxygen atoms in total. The van der Waals surface area contributed by atoms with Crippen LogP contribution in [0.15, 0.2) is 0 Å². The molecule has 0 aromatic rings. The minimum Gasteiger partial charge on any atom is -1.00 e. The van der Waals surface area contributed by atoms with Crippen molar-refractivity contribution in [2.75, 3.05) is 0 Å². The largest absolute Gasteiger partial charge is 1.00 e. The fourth-order valence-electron chi connectivity index (χ4n) is 0.880. The van der Waals surface area contributed by atoms with Crippen molar-refractivity contribution in [1.82, 2.24) is 0 Å². The molecule has 0 bridgehead atoms. The van der Waals surface area contributed by atoms with Crippen molar-refractivity contribution in [1.29, 1.82) is 0 Å². The molecular weight excluding hydrogens is 164 g/mol. The minimum atomic E-state index is -0.670. The van der Waals surface area contributed by atoms with E-state index in [0.717, 1.165) is 12.8 Å². The summed E-state index contributed by atoms with van der Waals surface area (Å²) in [6.07, 6.45) is 5.88. The van der Waals surface area contributed by atoms with Crippen molar-refractivity contribution in [2.24, 2.45) is 0 Å². The van der Waals surface area contributed by atoms with Gasteiger partial charge in [0.05, 0.1) is 0 Å². The van der Waals surface area contributed by atoms with E-state index in [1.165, 1.54) is 19.3 Å². The SMILES string of the molecule is CCCCCCCC(=O)O.[Cl-]. The van der Waals surface area contributed by atoms with Crippen molar-refractivity contribution in [3.05, 3.63) is 0 Å². The zero-order valence-electron chi connectivity index (χ0n) is 6.98. The van der Waals surface area contributed by atoms with E-state index in [1.807, 2.05) is 0 Å². The molecule has 0 amide bonds. The second-order valence-electron chi connectivity index (χ2n) is 2.56. The van der Waals surface area contributed by atoms with E-state index in [1.54, 1.807) is 0 Å². The summed E-state index contributed by atoms with van der Waals surface area (Å²) in [6.45, 7) is 2.15. The van der Waals surface area contributed by atoms with Crippen LogP contribution < -0.4 is 12.4 Å². The van der Waals surface area contributed by atoms with E-state index in [4.69, 9.17) is 5.11 Å². The Morgan fingerprint density at radius 2 is 1.73 bits per heavy atom. The molecule has 0 spiro atoms. The second kappa shape index (κ2) is 9.76. The predicted octanol–water partition coefficient (Wildman–Crippen LogP) is -0.564. The van der Waals surface area contributed by atoms with Crippen LogP contribution in [0.4, 0.5) is 0 Å². The topological polar surface area (TPSA) is 37.3 Å². The quantitative estimate of drug-likeness (QED) is 0.555. The Morgan fingerprint density at radius 3 is 2.18 bits per heavy atom. The van der Waals surface area contributed by atoms with E-state index in [2.05, 4.69) is 6.92 Å². The lowest BCUT2D eigenvalue weighted by molar-refractivity contribution is -0.137. The number of carbonyl (C=O) groups is 1. The molecule has 3 heteroatoms.